The summed E-state index contributed by atoms with van der Waals surface area (Å²) in [6.45, 7) is 1.38. The molecular weight excluding hydrogens is 259 g/mol. The molecule has 92 valence electrons. The molecule has 0 aliphatic rings. The van der Waals surface area contributed by atoms with E-state index in [0.717, 1.165) is 16.7 Å². The zero-order valence-corrected chi connectivity index (χ0v) is 9.29. The van der Waals surface area contributed by atoms with Gasteiger partial charge in [-0.15, -0.1) is 10.2 Å². The SMILES string of the molecule is C[C@@H](O)c1nnc2c(Cl)cc(C(F)(F)F)cn12. The fourth-order valence-corrected chi connectivity index (χ4v) is 1.66. The molecule has 0 aliphatic heterocycles. The van der Waals surface area contributed by atoms with Crippen LogP contribution in [0.4, 0.5) is 13.2 Å². The molecule has 0 amide bonds. The largest absolute Gasteiger partial charge is 0.417 e. The fraction of sp³-hybridized carbons (Fsp3) is 0.333. The minimum absolute atomic E-state index is 0.00741. The molecule has 0 saturated heterocycles. The Labute approximate surface area is 98.6 Å². The lowest BCUT2D eigenvalue weighted by Crippen LogP contribution is -2.08. The number of aliphatic hydroxyl groups excluding tert-OH is 1. The van der Waals surface area contributed by atoms with Crippen LogP contribution in [0.5, 0.6) is 0 Å². The van der Waals surface area contributed by atoms with E-state index in [9.17, 15) is 18.3 Å². The van der Waals surface area contributed by atoms with Crippen molar-refractivity contribution in [2.24, 2.45) is 0 Å². The van der Waals surface area contributed by atoms with Crippen molar-refractivity contribution in [1.82, 2.24) is 14.6 Å². The van der Waals surface area contributed by atoms with Crippen LogP contribution >= 0.6 is 11.6 Å². The van der Waals surface area contributed by atoms with E-state index < -0.39 is 17.8 Å². The van der Waals surface area contributed by atoms with E-state index >= 15 is 0 Å². The van der Waals surface area contributed by atoms with Crippen molar-refractivity contribution in [3.05, 3.63) is 28.7 Å². The smallest absolute Gasteiger partial charge is 0.385 e. The van der Waals surface area contributed by atoms with E-state index in [-0.39, 0.29) is 16.5 Å². The van der Waals surface area contributed by atoms with Gasteiger partial charge < -0.3 is 5.11 Å². The van der Waals surface area contributed by atoms with Crippen molar-refractivity contribution < 1.29 is 18.3 Å². The Morgan fingerprint density at radius 1 is 1.41 bits per heavy atom. The van der Waals surface area contributed by atoms with Crippen molar-refractivity contribution in [3.8, 4) is 0 Å². The number of alkyl halides is 3. The maximum Gasteiger partial charge on any atom is 0.417 e. The van der Waals surface area contributed by atoms with Crippen molar-refractivity contribution in [3.63, 3.8) is 0 Å². The maximum absolute atomic E-state index is 12.6. The Balaban J connectivity index is 2.74. The Kier molecular flexibility index (Phi) is 2.75. The van der Waals surface area contributed by atoms with Gasteiger partial charge in [-0.1, -0.05) is 11.6 Å². The number of hydrogen-bond acceptors (Lipinski definition) is 3. The Morgan fingerprint density at radius 3 is 2.59 bits per heavy atom. The Bertz CT molecular complexity index is 564. The molecule has 1 atom stereocenters. The van der Waals surface area contributed by atoms with E-state index in [0.29, 0.717) is 0 Å². The lowest BCUT2D eigenvalue weighted by molar-refractivity contribution is -0.137. The molecule has 17 heavy (non-hydrogen) atoms. The lowest BCUT2D eigenvalue weighted by Gasteiger charge is -2.09. The van der Waals surface area contributed by atoms with Gasteiger partial charge in [0, 0.05) is 6.20 Å². The van der Waals surface area contributed by atoms with Crippen LogP contribution in [0.25, 0.3) is 5.65 Å². The zero-order chi connectivity index (χ0) is 12.8. The summed E-state index contributed by atoms with van der Waals surface area (Å²) in [4.78, 5) is 0. The predicted molar refractivity (Wildman–Crippen MR) is 53.6 cm³/mol. The first kappa shape index (κ1) is 12.1. The number of fused-ring (bicyclic) bond motifs is 1. The van der Waals surface area contributed by atoms with Gasteiger partial charge in [0.1, 0.15) is 6.10 Å². The number of aliphatic hydroxyl groups is 1. The number of hydrogen-bond donors (Lipinski definition) is 1. The van der Waals surface area contributed by atoms with Crippen molar-refractivity contribution >= 4 is 17.2 Å². The third kappa shape index (κ3) is 2.07. The van der Waals surface area contributed by atoms with Gasteiger partial charge in [-0.2, -0.15) is 13.2 Å². The molecule has 0 spiro atoms. The van der Waals surface area contributed by atoms with Gasteiger partial charge in [0.05, 0.1) is 10.6 Å². The number of aromatic nitrogens is 3. The summed E-state index contributed by atoms with van der Waals surface area (Å²) in [5.74, 6) is 0.00741. The normalized spacial score (nSPS) is 14.2. The second-order valence-electron chi connectivity index (χ2n) is 3.50. The molecule has 2 aromatic rings. The minimum Gasteiger partial charge on any atom is -0.385 e. The van der Waals surface area contributed by atoms with E-state index in [4.69, 9.17) is 11.6 Å². The third-order valence-corrected chi connectivity index (χ3v) is 2.47. The third-order valence-electron chi connectivity index (χ3n) is 2.19. The minimum atomic E-state index is -4.52. The highest BCUT2D eigenvalue weighted by Gasteiger charge is 2.32. The fourth-order valence-electron chi connectivity index (χ4n) is 1.41. The molecule has 0 aliphatic carbocycles. The van der Waals surface area contributed by atoms with Crippen LogP contribution in [0, 0.1) is 0 Å². The van der Waals surface area contributed by atoms with Crippen LogP contribution in [0.1, 0.15) is 24.4 Å². The number of halogens is 4. The molecule has 0 fully saturated rings. The molecule has 2 rings (SSSR count). The zero-order valence-electron chi connectivity index (χ0n) is 8.53. The molecule has 0 radical (unpaired) electrons. The van der Waals surface area contributed by atoms with Gasteiger partial charge in [0.25, 0.3) is 0 Å². The van der Waals surface area contributed by atoms with Crippen molar-refractivity contribution in [2.45, 2.75) is 19.2 Å². The van der Waals surface area contributed by atoms with Crippen molar-refractivity contribution in [2.75, 3.05) is 0 Å². The summed E-state index contributed by atoms with van der Waals surface area (Å²) >= 11 is 5.68. The van der Waals surface area contributed by atoms with Crippen molar-refractivity contribution in [1.29, 1.82) is 0 Å². The van der Waals surface area contributed by atoms with E-state index in [2.05, 4.69) is 10.2 Å². The van der Waals surface area contributed by atoms with Gasteiger partial charge in [-0.05, 0) is 13.0 Å². The summed E-state index contributed by atoms with van der Waals surface area (Å²) < 4.78 is 38.7. The highest BCUT2D eigenvalue weighted by atomic mass is 35.5. The first-order valence-electron chi connectivity index (χ1n) is 4.60. The van der Waals surface area contributed by atoms with Crippen LogP contribution in [0.15, 0.2) is 12.3 Å². The van der Waals surface area contributed by atoms with E-state index in [1.54, 1.807) is 0 Å². The Hall–Kier alpha value is -1.34. The van der Waals surface area contributed by atoms with Gasteiger partial charge in [0.2, 0.25) is 0 Å². The summed E-state index contributed by atoms with van der Waals surface area (Å²) in [5.41, 5.74) is -0.840. The molecule has 0 aromatic carbocycles. The molecule has 8 heteroatoms. The molecule has 4 nitrogen and oxygen atoms in total. The average Bonchev–Trinajstić information content (AvgIpc) is 2.60. The summed E-state index contributed by atoms with van der Waals surface area (Å²) in [6, 6.07) is 0.775. The van der Waals surface area contributed by atoms with Crippen LogP contribution in [0.2, 0.25) is 5.02 Å². The standard InChI is InChI=1S/C9H7ClF3N3O/c1-4(17)7-14-15-8-6(10)2-5(3-16(7)8)9(11,12)13/h2-4,17H,1H3/t4-/m1/s1. The lowest BCUT2D eigenvalue weighted by atomic mass is 10.2. The van der Waals surface area contributed by atoms with Gasteiger partial charge in [-0.3, -0.25) is 4.40 Å². The first-order valence-corrected chi connectivity index (χ1v) is 4.98. The molecule has 1 N–H and O–H groups in total. The summed E-state index contributed by atoms with van der Waals surface area (Å²) in [5, 5.41) is 16.4. The summed E-state index contributed by atoms with van der Waals surface area (Å²) in [7, 11) is 0. The quantitative estimate of drug-likeness (QED) is 0.862. The highest BCUT2D eigenvalue weighted by molar-refractivity contribution is 6.33. The second kappa shape index (κ2) is 3.85. The molecular formula is C9H7ClF3N3O. The molecule has 2 aromatic heterocycles. The summed E-state index contributed by atoms with van der Waals surface area (Å²) in [6.07, 6.45) is -4.74. The molecule has 2 heterocycles. The van der Waals surface area contributed by atoms with E-state index in [1.807, 2.05) is 0 Å². The van der Waals surface area contributed by atoms with Crippen LogP contribution in [-0.4, -0.2) is 19.7 Å². The molecule has 0 saturated carbocycles. The van der Waals surface area contributed by atoms with Gasteiger partial charge in [-0.25, -0.2) is 0 Å². The topological polar surface area (TPSA) is 50.4 Å². The monoisotopic (exact) mass is 265 g/mol. The number of pyridine rings is 1. The predicted octanol–water partition coefficient (Wildman–Crippen LogP) is 2.45. The molecule has 0 bridgehead atoms. The van der Waals surface area contributed by atoms with Crippen LogP contribution in [0.3, 0.4) is 0 Å². The van der Waals surface area contributed by atoms with Crippen LogP contribution in [-0.2, 0) is 6.18 Å². The number of rotatable bonds is 1. The molecule has 0 unspecified atom stereocenters. The number of nitrogens with zero attached hydrogens (tertiary/aromatic N) is 3. The first-order chi connectivity index (χ1) is 7.80. The van der Waals surface area contributed by atoms with E-state index in [1.165, 1.54) is 6.92 Å². The second-order valence-corrected chi connectivity index (χ2v) is 3.91. The highest BCUT2D eigenvalue weighted by Crippen LogP contribution is 2.32. The van der Waals surface area contributed by atoms with Gasteiger partial charge in [0.15, 0.2) is 11.5 Å². The van der Waals surface area contributed by atoms with Crippen LogP contribution < -0.4 is 0 Å². The van der Waals surface area contributed by atoms with Gasteiger partial charge >= 0.3 is 6.18 Å². The average molecular weight is 266 g/mol. The Morgan fingerprint density at radius 2 is 2.06 bits per heavy atom. The maximum atomic E-state index is 12.6.